The highest BCUT2D eigenvalue weighted by Crippen LogP contribution is 2.26. The molecule has 0 aromatic heterocycles. The fraction of sp³-hybridized carbons (Fsp3) is 0.143. The Morgan fingerprint density at radius 3 is 2.79 bits per heavy atom. The van der Waals surface area contributed by atoms with E-state index in [1.54, 1.807) is 0 Å². The predicted molar refractivity (Wildman–Crippen MR) is 77.3 cm³/mol. The number of rotatable bonds is 3. The topological polar surface area (TPSA) is 38.7 Å². The van der Waals surface area contributed by atoms with Crippen LogP contribution < -0.4 is 10.2 Å². The zero-order valence-electron chi connectivity index (χ0n) is 10.2. The molecule has 96 valence electrons. The standard InChI is InChI=1S/C14H12BBrO3/c16-12-6-7-13(14-11(12)9-19-15(14)17)18-8-10-4-2-1-3-5-10/h1-7,17H,8-9H2. The van der Waals surface area contributed by atoms with Gasteiger partial charge in [0.1, 0.15) is 12.4 Å². The van der Waals surface area contributed by atoms with Gasteiger partial charge in [0, 0.05) is 9.94 Å². The molecule has 0 unspecified atom stereocenters. The Labute approximate surface area is 120 Å². The average Bonchev–Trinajstić information content (AvgIpc) is 2.83. The van der Waals surface area contributed by atoms with Crippen LogP contribution in [0.1, 0.15) is 11.1 Å². The first kappa shape index (κ1) is 12.7. The lowest BCUT2D eigenvalue weighted by molar-refractivity contribution is 0.274. The van der Waals surface area contributed by atoms with Gasteiger partial charge in [0.2, 0.25) is 0 Å². The summed E-state index contributed by atoms with van der Waals surface area (Å²) in [5, 5.41) is 9.86. The molecule has 19 heavy (non-hydrogen) atoms. The molecular formula is C14H12BBrO3. The highest BCUT2D eigenvalue weighted by Gasteiger charge is 2.32. The second-order valence-corrected chi connectivity index (χ2v) is 5.23. The number of ether oxygens (including phenoxy) is 1. The van der Waals surface area contributed by atoms with Gasteiger partial charge in [-0.25, -0.2) is 0 Å². The Morgan fingerprint density at radius 2 is 2.00 bits per heavy atom. The first-order valence-corrected chi connectivity index (χ1v) is 6.82. The molecule has 1 heterocycles. The van der Waals surface area contributed by atoms with Gasteiger partial charge in [-0.1, -0.05) is 46.3 Å². The Hall–Kier alpha value is -1.30. The Balaban J connectivity index is 1.84. The zero-order valence-corrected chi connectivity index (χ0v) is 11.8. The Kier molecular flexibility index (Phi) is 3.59. The van der Waals surface area contributed by atoms with Crippen LogP contribution in [0.3, 0.4) is 0 Å². The van der Waals surface area contributed by atoms with Gasteiger partial charge in [-0.2, -0.15) is 0 Å². The van der Waals surface area contributed by atoms with E-state index in [-0.39, 0.29) is 0 Å². The van der Waals surface area contributed by atoms with E-state index in [0.29, 0.717) is 19.0 Å². The van der Waals surface area contributed by atoms with Gasteiger partial charge < -0.3 is 14.4 Å². The van der Waals surface area contributed by atoms with Crippen molar-refractivity contribution in [3.63, 3.8) is 0 Å². The molecule has 3 nitrogen and oxygen atoms in total. The highest BCUT2D eigenvalue weighted by atomic mass is 79.9. The Bertz CT molecular complexity index is 589. The molecule has 0 saturated carbocycles. The number of halogens is 1. The van der Waals surface area contributed by atoms with Crippen molar-refractivity contribution >= 4 is 28.5 Å². The molecule has 0 bridgehead atoms. The smallest absolute Gasteiger partial charge is 0.489 e. The SMILES string of the molecule is OB1OCc2c(Br)ccc(OCc3ccccc3)c21. The maximum Gasteiger partial charge on any atom is 0.495 e. The van der Waals surface area contributed by atoms with Crippen LogP contribution in [-0.4, -0.2) is 12.1 Å². The lowest BCUT2D eigenvalue weighted by Gasteiger charge is -2.11. The monoisotopic (exact) mass is 318 g/mol. The summed E-state index contributed by atoms with van der Waals surface area (Å²) >= 11 is 3.46. The maximum absolute atomic E-state index is 9.86. The van der Waals surface area contributed by atoms with Gasteiger partial charge in [-0.3, -0.25) is 0 Å². The van der Waals surface area contributed by atoms with Crippen molar-refractivity contribution in [2.75, 3.05) is 0 Å². The van der Waals surface area contributed by atoms with E-state index in [4.69, 9.17) is 9.39 Å². The summed E-state index contributed by atoms with van der Waals surface area (Å²) < 4.78 is 12.0. The molecule has 1 N–H and O–H groups in total. The molecule has 0 radical (unpaired) electrons. The van der Waals surface area contributed by atoms with Crippen molar-refractivity contribution in [1.29, 1.82) is 0 Å². The third-order valence-corrected chi connectivity index (χ3v) is 3.87. The highest BCUT2D eigenvalue weighted by molar-refractivity contribution is 9.10. The van der Waals surface area contributed by atoms with E-state index >= 15 is 0 Å². The van der Waals surface area contributed by atoms with Crippen LogP contribution in [0.25, 0.3) is 0 Å². The van der Waals surface area contributed by atoms with E-state index in [9.17, 15) is 5.02 Å². The number of fused-ring (bicyclic) bond motifs is 1. The van der Waals surface area contributed by atoms with Gasteiger partial charge in [0.25, 0.3) is 0 Å². The second-order valence-electron chi connectivity index (χ2n) is 4.38. The molecule has 0 fully saturated rings. The summed E-state index contributed by atoms with van der Waals surface area (Å²) in [6.45, 7) is 0.876. The van der Waals surface area contributed by atoms with Crippen molar-refractivity contribution in [3.8, 4) is 5.75 Å². The number of hydrogen-bond acceptors (Lipinski definition) is 3. The fourth-order valence-electron chi connectivity index (χ4n) is 2.14. The largest absolute Gasteiger partial charge is 0.495 e. The quantitative estimate of drug-likeness (QED) is 0.882. The molecule has 0 spiro atoms. The first-order chi connectivity index (χ1) is 9.25. The summed E-state index contributed by atoms with van der Waals surface area (Å²) in [4.78, 5) is 0. The van der Waals surface area contributed by atoms with E-state index in [1.807, 2.05) is 42.5 Å². The summed E-state index contributed by atoms with van der Waals surface area (Å²) in [5.74, 6) is 0.673. The van der Waals surface area contributed by atoms with Crippen LogP contribution in [0, 0.1) is 0 Å². The summed E-state index contributed by atoms with van der Waals surface area (Å²) in [6.07, 6.45) is 0. The third-order valence-electron chi connectivity index (χ3n) is 3.13. The second kappa shape index (κ2) is 5.37. The predicted octanol–water partition coefficient (Wildman–Crippen LogP) is 2.25. The van der Waals surface area contributed by atoms with E-state index in [0.717, 1.165) is 21.1 Å². The molecular weight excluding hydrogens is 307 g/mol. The maximum atomic E-state index is 9.86. The zero-order chi connectivity index (χ0) is 13.2. The molecule has 1 aliphatic rings. The van der Waals surface area contributed by atoms with Gasteiger partial charge in [0.05, 0.1) is 6.61 Å². The van der Waals surface area contributed by atoms with Crippen molar-refractivity contribution in [2.45, 2.75) is 13.2 Å². The van der Waals surface area contributed by atoms with Crippen LogP contribution in [0.2, 0.25) is 0 Å². The third kappa shape index (κ3) is 2.54. The molecule has 0 atom stereocenters. The number of hydrogen-bond donors (Lipinski definition) is 1. The molecule has 3 rings (SSSR count). The van der Waals surface area contributed by atoms with Crippen molar-refractivity contribution in [1.82, 2.24) is 0 Å². The fourth-order valence-corrected chi connectivity index (χ4v) is 2.60. The van der Waals surface area contributed by atoms with Crippen molar-refractivity contribution < 1.29 is 14.4 Å². The van der Waals surface area contributed by atoms with Crippen molar-refractivity contribution in [3.05, 3.63) is 58.1 Å². The molecule has 2 aromatic rings. The normalized spacial score (nSPS) is 13.5. The van der Waals surface area contributed by atoms with Crippen LogP contribution in [-0.2, 0) is 17.9 Å². The molecule has 5 heteroatoms. The minimum absolute atomic E-state index is 0.402. The Morgan fingerprint density at radius 1 is 1.21 bits per heavy atom. The van der Waals surface area contributed by atoms with Gasteiger partial charge in [-0.05, 0) is 23.3 Å². The lowest BCUT2D eigenvalue weighted by atomic mass is 9.79. The van der Waals surface area contributed by atoms with Crippen LogP contribution >= 0.6 is 15.9 Å². The van der Waals surface area contributed by atoms with Gasteiger partial charge in [0.15, 0.2) is 0 Å². The van der Waals surface area contributed by atoms with Crippen molar-refractivity contribution in [2.24, 2.45) is 0 Å². The lowest BCUT2D eigenvalue weighted by Crippen LogP contribution is -2.30. The summed E-state index contributed by atoms with van der Waals surface area (Å²) in [7, 11) is -0.904. The van der Waals surface area contributed by atoms with Gasteiger partial charge in [-0.15, -0.1) is 0 Å². The number of benzene rings is 2. The van der Waals surface area contributed by atoms with E-state index < -0.39 is 7.12 Å². The molecule has 0 aliphatic carbocycles. The first-order valence-electron chi connectivity index (χ1n) is 6.03. The van der Waals surface area contributed by atoms with E-state index in [1.165, 1.54) is 0 Å². The molecule has 1 aliphatic heterocycles. The summed E-state index contributed by atoms with van der Waals surface area (Å²) in [5.41, 5.74) is 2.77. The van der Waals surface area contributed by atoms with Crippen LogP contribution in [0.4, 0.5) is 0 Å². The average molecular weight is 319 g/mol. The summed E-state index contributed by atoms with van der Waals surface area (Å²) in [6, 6.07) is 13.7. The molecule has 0 saturated heterocycles. The van der Waals surface area contributed by atoms with E-state index in [2.05, 4.69) is 15.9 Å². The minimum atomic E-state index is -0.904. The minimum Gasteiger partial charge on any atom is -0.489 e. The van der Waals surface area contributed by atoms with Crippen LogP contribution in [0.15, 0.2) is 46.9 Å². The molecule has 0 amide bonds. The van der Waals surface area contributed by atoms with Crippen LogP contribution in [0.5, 0.6) is 5.75 Å². The van der Waals surface area contributed by atoms with Gasteiger partial charge >= 0.3 is 7.12 Å². The molecule has 2 aromatic carbocycles.